The van der Waals surface area contributed by atoms with E-state index in [1.54, 1.807) is 6.07 Å². The van der Waals surface area contributed by atoms with Gasteiger partial charge in [0, 0.05) is 5.56 Å². The second-order valence-electron chi connectivity index (χ2n) is 2.37. The molecule has 0 bridgehead atoms. The molecule has 0 N–H and O–H groups in total. The number of hydrogen-bond donors (Lipinski definition) is 0. The lowest BCUT2D eigenvalue weighted by molar-refractivity contribution is 0.112. The molecule has 13 heavy (non-hydrogen) atoms. The quantitative estimate of drug-likeness (QED) is 0.729. The molecule has 0 atom stereocenters. The Hall–Kier alpha value is -0.730. The summed E-state index contributed by atoms with van der Waals surface area (Å²) >= 11 is 11.6. The third-order valence-corrected chi connectivity index (χ3v) is 2.24. The summed E-state index contributed by atoms with van der Waals surface area (Å²) in [4.78, 5) is 10.5. The molecule has 70 valence electrons. The van der Waals surface area contributed by atoms with Crippen molar-refractivity contribution in [1.82, 2.24) is 0 Å². The molecule has 0 aliphatic heterocycles. The van der Waals surface area contributed by atoms with Crippen molar-refractivity contribution in [2.24, 2.45) is 0 Å². The summed E-state index contributed by atoms with van der Waals surface area (Å²) in [5.41, 5.74) is 0.456. The van der Waals surface area contributed by atoms with E-state index in [-0.39, 0.29) is 0 Å². The minimum absolute atomic E-state index is 0.328. The van der Waals surface area contributed by atoms with Crippen LogP contribution in [0.25, 0.3) is 0 Å². The van der Waals surface area contributed by atoms with E-state index in [0.717, 1.165) is 0 Å². The lowest BCUT2D eigenvalue weighted by Gasteiger charge is -2.07. The van der Waals surface area contributed by atoms with E-state index in [1.165, 1.54) is 6.07 Å². The summed E-state index contributed by atoms with van der Waals surface area (Å²) in [6.07, 6.45) is 0.699. The lowest BCUT2D eigenvalue weighted by atomic mass is 10.2. The molecule has 0 aliphatic carbocycles. The van der Waals surface area contributed by atoms with Crippen LogP contribution in [0.1, 0.15) is 17.3 Å². The smallest absolute Gasteiger partial charge is 0.150 e. The fraction of sp³-hybridized carbons (Fsp3) is 0.222. The summed E-state index contributed by atoms with van der Waals surface area (Å²) in [6, 6.07) is 3.06. The first-order chi connectivity index (χ1) is 6.19. The normalized spacial score (nSPS) is 9.77. The van der Waals surface area contributed by atoms with Gasteiger partial charge >= 0.3 is 0 Å². The van der Waals surface area contributed by atoms with Crippen LogP contribution in [0.5, 0.6) is 5.75 Å². The zero-order valence-corrected chi connectivity index (χ0v) is 8.52. The van der Waals surface area contributed by atoms with E-state index in [0.29, 0.717) is 34.3 Å². The van der Waals surface area contributed by atoms with Crippen molar-refractivity contribution in [2.45, 2.75) is 6.92 Å². The van der Waals surface area contributed by atoms with Crippen molar-refractivity contribution in [1.29, 1.82) is 0 Å². The molecule has 0 spiro atoms. The summed E-state index contributed by atoms with van der Waals surface area (Å²) in [6.45, 7) is 2.32. The Morgan fingerprint density at radius 1 is 1.46 bits per heavy atom. The van der Waals surface area contributed by atoms with Gasteiger partial charge in [0.1, 0.15) is 17.1 Å². The first-order valence-corrected chi connectivity index (χ1v) is 4.51. The van der Waals surface area contributed by atoms with Crippen molar-refractivity contribution in [2.75, 3.05) is 6.61 Å². The number of benzene rings is 1. The average Bonchev–Trinajstić information content (AvgIpc) is 2.13. The topological polar surface area (TPSA) is 26.3 Å². The lowest BCUT2D eigenvalue weighted by Crippen LogP contribution is -1.94. The Labute approximate surface area is 86.4 Å². The van der Waals surface area contributed by atoms with Gasteiger partial charge in [0.15, 0.2) is 0 Å². The van der Waals surface area contributed by atoms with Gasteiger partial charge in [-0.15, -0.1) is 0 Å². The number of hydrogen-bond acceptors (Lipinski definition) is 2. The van der Waals surface area contributed by atoms with E-state index < -0.39 is 0 Å². The molecule has 2 nitrogen and oxygen atoms in total. The van der Waals surface area contributed by atoms with Gasteiger partial charge < -0.3 is 4.74 Å². The molecule has 0 saturated carbocycles. The van der Waals surface area contributed by atoms with E-state index in [1.807, 2.05) is 6.92 Å². The predicted octanol–water partition coefficient (Wildman–Crippen LogP) is 3.20. The van der Waals surface area contributed by atoms with Crippen LogP contribution in [-0.2, 0) is 0 Å². The highest BCUT2D eigenvalue weighted by molar-refractivity contribution is 6.43. The molecular weight excluding hydrogens is 211 g/mol. The number of carbonyl (C=O) groups excluding carboxylic acids is 1. The highest BCUT2D eigenvalue weighted by Gasteiger charge is 2.07. The van der Waals surface area contributed by atoms with Crippen LogP contribution in [-0.4, -0.2) is 12.9 Å². The van der Waals surface area contributed by atoms with Gasteiger partial charge in [-0.25, -0.2) is 0 Å². The third kappa shape index (κ3) is 2.36. The largest absolute Gasteiger partial charge is 0.492 e. The van der Waals surface area contributed by atoms with Crippen LogP contribution < -0.4 is 4.74 Å². The van der Waals surface area contributed by atoms with Gasteiger partial charge in [-0.1, -0.05) is 23.2 Å². The molecule has 1 aromatic rings. The molecule has 0 heterocycles. The molecule has 0 fully saturated rings. The van der Waals surface area contributed by atoms with E-state index in [2.05, 4.69) is 0 Å². The average molecular weight is 219 g/mol. The number of rotatable bonds is 3. The van der Waals surface area contributed by atoms with Gasteiger partial charge in [0.05, 0.1) is 11.6 Å². The Kier molecular flexibility index (Phi) is 3.58. The molecule has 0 saturated heterocycles. The maximum Gasteiger partial charge on any atom is 0.150 e. The van der Waals surface area contributed by atoms with Gasteiger partial charge in [0.2, 0.25) is 0 Å². The van der Waals surface area contributed by atoms with Crippen molar-refractivity contribution in [3.63, 3.8) is 0 Å². The van der Waals surface area contributed by atoms with Crippen molar-refractivity contribution in [3.05, 3.63) is 27.7 Å². The monoisotopic (exact) mass is 218 g/mol. The zero-order chi connectivity index (χ0) is 9.84. The van der Waals surface area contributed by atoms with Crippen LogP contribution >= 0.6 is 23.2 Å². The summed E-state index contributed by atoms with van der Waals surface area (Å²) in [5.74, 6) is 0.443. The molecule has 0 unspecified atom stereocenters. The number of carbonyl (C=O) groups is 1. The second-order valence-corrected chi connectivity index (χ2v) is 3.15. The van der Waals surface area contributed by atoms with Gasteiger partial charge in [-0.2, -0.15) is 0 Å². The first kappa shape index (κ1) is 10.4. The van der Waals surface area contributed by atoms with Gasteiger partial charge in [-0.3, -0.25) is 4.79 Å². The van der Waals surface area contributed by atoms with E-state index in [4.69, 9.17) is 27.9 Å². The Morgan fingerprint density at radius 3 is 2.69 bits per heavy atom. The molecule has 1 aromatic carbocycles. The molecule has 0 aliphatic rings. The predicted molar refractivity (Wildman–Crippen MR) is 53.0 cm³/mol. The molecule has 0 amide bonds. The Balaban J connectivity index is 3.16. The fourth-order valence-corrected chi connectivity index (χ4v) is 1.30. The maximum absolute atomic E-state index is 10.5. The fourth-order valence-electron chi connectivity index (χ4n) is 0.912. The summed E-state index contributed by atoms with van der Waals surface area (Å²) < 4.78 is 5.18. The van der Waals surface area contributed by atoms with Crippen molar-refractivity contribution < 1.29 is 9.53 Å². The highest BCUT2D eigenvalue weighted by atomic mass is 35.5. The molecule has 0 aromatic heterocycles. The van der Waals surface area contributed by atoms with Crippen LogP contribution in [0, 0.1) is 0 Å². The number of ether oxygens (including phenoxy) is 1. The minimum atomic E-state index is 0.328. The standard InChI is InChI=1S/C9H8Cl2O2/c1-2-13-8-4-6(5-12)3-7(10)9(8)11/h3-5H,2H2,1H3. The highest BCUT2D eigenvalue weighted by Crippen LogP contribution is 2.32. The van der Waals surface area contributed by atoms with Crippen LogP contribution in [0.15, 0.2) is 12.1 Å². The molecular formula is C9H8Cl2O2. The van der Waals surface area contributed by atoms with E-state index >= 15 is 0 Å². The van der Waals surface area contributed by atoms with Gasteiger partial charge in [0.25, 0.3) is 0 Å². The van der Waals surface area contributed by atoms with Crippen LogP contribution in [0.3, 0.4) is 0 Å². The Bertz CT molecular complexity index is 324. The summed E-state index contributed by atoms with van der Waals surface area (Å²) in [7, 11) is 0. The van der Waals surface area contributed by atoms with Crippen LogP contribution in [0.2, 0.25) is 10.0 Å². The maximum atomic E-state index is 10.5. The SMILES string of the molecule is CCOc1cc(C=O)cc(Cl)c1Cl. The molecule has 0 radical (unpaired) electrons. The first-order valence-electron chi connectivity index (χ1n) is 3.76. The molecule has 4 heteroatoms. The second kappa shape index (κ2) is 4.49. The number of aldehydes is 1. The minimum Gasteiger partial charge on any atom is -0.492 e. The Morgan fingerprint density at radius 2 is 2.15 bits per heavy atom. The van der Waals surface area contributed by atoms with Gasteiger partial charge in [-0.05, 0) is 19.1 Å². The third-order valence-electron chi connectivity index (χ3n) is 1.45. The van der Waals surface area contributed by atoms with Crippen molar-refractivity contribution in [3.8, 4) is 5.75 Å². The zero-order valence-electron chi connectivity index (χ0n) is 7.01. The number of halogens is 2. The van der Waals surface area contributed by atoms with Crippen LogP contribution in [0.4, 0.5) is 0 Å². The van der Waals surface area contributed by atoms with Crippen molar-refractivity contribution >= 4 is 29.5 Å². The molecule has 1 rings (SSSR count). The summed E-state index contributed by atoms with van der Waals surface area (Å²) in [5, 5.41) is 0.670. The van der Waals surface area contributed by atoms with E-state index in [9.17, 15) is 4.79 Å².